The first kappa shape index (κ1) is 8.85. The molecule has 0 spiro atoms. The van der Waals surface area contributed by atoms with Gasteiger partial charge in [-0.2, -0.15) is 5.10 Å². The van der Waals surface area contributed by atoms with Crippen LogP contribution in [-0.4, -0.2) is 20.6 Å². The van der Waals surface area contributed by atoms with Gasteiger partial charge in [0.25, 0.3) is 0 Å². The number of rotatable bonds is 0. The average Bonchev–Trinajstić information content (AvgIpc) is 2.58. The van der Waals surface area contributed by atoms with Crippen molar-refractivity contribution in [2.24, 2.45) is 5.73 Å². The Labute approximate surface area is 88.1 Å². The molecule has 2 aromatic rings. The number of aryl methyl sites for hydroxylation is 2. The highest BCUT2D eigenvalue weighted by atomic mass is 15.3. The second kappa shape index (κ2) is 3.03. The van der Waals surface area contributed by atoms with Crippen LogP contribution in [0, 0.1) is 6.92 Å². The molecule has 4 nitrogen and oxygen atoms in total. The molecule has 1 aliphatic carbocycles. The molecule has 0 aromatic carbocycles. The summed E-state index contributed by atoms with van der Waals surface area (Å²) in [5, 5.41) is 4.46. The van der Waals surface area contributed by atoms with Gasteiger partial charge in [0.15, 0.2) is 5.65 Å². The van der Waals surface area contributed by atoms with E-state index in [-0.39, 0.29) is 6.04 Å². The first-order valence-electron chi connectivity index (χ1n) is 5.33. The predicted octanol–water partition coefficient (Wildman–Crippen LogP) is 0.854. The molecule has 0 fully saturated rings. The van der Waals surface area contributed by atoms with Crippen LogP contribution in [0.1, 0.15) is 23.4 Å². The van der Waals surface area contributed by atoms with Crippen molar-refractivity contribution in [1.29, 1.82) is 0 Å². The lowest BCUT2D eigenvalue weighted by molar-refractivity contribution is 0.553. The van der Waals surface area contributed by atoms with Crippen molar-refractivity contribution in [1.82, 2.24) is 14.6 Å². The molecule has 1 unspecified atom stereocenters. The molecule has 4 heteroatoms. The van der Waals surface area contributed by atoms with E-state index in [4.69, 9.17) is 5.73 Å². The molecule has 1 aliphatic rings. The molecule has 2 N–H and O–H groups in total. The quantitative estimate of drug-likeness (QED) is 0.689. The highest BCUT2D eigenvalue weighted by molar-refractivity contribution is 5.42. The Kier molecular flexibility index (Phi) is 1.79. The number of aromatic nitrogens is 3. The summed E-state index contributed by atoms with van der Waals surface area (Å²) in [4.78, 5) is 4.39. The monoisotopic (exact) mass is 202 g/mol. The molecule has 0 saturated carbocycles. The Balaban J connectivity index is 2.24. The van der Waals surface area contributed by atoms with Gasteiger partial charge in [-0.05, 0) is 31.7 Å². The third kappa shape index (κ3) is 1.33. The first-order chi connectivity index (χ1) is 7.24. The summed E-state index contributed by atoms with van der Waals surface area (Å²) >= 11 is 0. The third-order valence-electron chi connectivity index (χ3n) is 3.03. The van der Waals surface area contributed by atoms with E-state index in [0.717, 1.165) is 30.6 Å². The molecular formula is C11H14N4. The number of nitrogens with zero attached hydrogens (tertiary/aromatic N) is 3. The van der Waals surface area contributed by atoms with E-state index in [1.54, 1.807) is 0 Å². The molecule has 1 atom stereocenters. The van der Waals surface area contributed by atoms with Crippen molar-refractivity contribution < 1.29 is 0 Å². The van der Waals surface area contributed by atoms with Gasteiger partial charge in [0.05, 0.1) is 5.69 Å². The van der Waals surface area contributed by atoms with Gasteiger partial charge in [0.1, 0.15) is 0 Å². The summed E-state index contributed by atoms with van der Waals surface area (Å²) in [7, 11) is 0. The standard InChI is InChI=1S/C11H14N4/c1-7-4-11-13-6-8-5-9(12)2-3-10(8)15(11)14-7/h4,6,9H,2-3,5,12H2,1H3. The fourth-order valence-electron chi connectivity index (χ4n) is 2.27. The van der Waals surface area contributed by atoms with Gasteiger partial charge in [-0.15, -0.1) is 0 Å². The zero-order chi connectivity index (χ0) is 10.4. The molecule has 0 radical (unpaired) electrons. The van der Waals surface area contributed by atoms with Crippen molar-refractivity contribution in [3.63, 3.8) is 0 Å². The van der Waals surface area contributed by atoms with Crippen LogP contribution in [0.4, 0.5) is 0 Å². The van der Waals surface area contributed by atoms with Gasteiger partial charge >= 0.3 is 0 Å². The highest BCUT2D eigenvalue weighted by Crippen LogP contribution is 2.20. The predicted molar refractivity (Wildman–Crippen MR) is 57.7 cm³/mol. The molecule has 15 heavy (non-hydrogen) atoms. The van der Waals surface area contributed by atoms with Gasteiger partial charge in [-0.1, -0.05) is 0 Å². The van der Waals surface area contributed by atoms with E-state index in [9.17, 15) is 0 Å². The second-order valence-corrected chi connectivity index (χ2v) is 4.29. The molecule has 0 aliphatic heterocycles. The molecule has 78 valence electrons. The number of fused-ring (bicyclic) bond motifs is 3. The van der Waals surface area contributed by atoms with Gasteiger partial charge in [-0.25, -0.2) is 9.50 Å². The number of hydrogen-bond donors (Lipinski definition) is 1. The molecule has 0 saturated heterocycles. The summed E-state index contributed by atoms with van der Waals surface area (Å²) in [5.41, 5.74) is 10.4. The van der Waals surface area contributed by atoms with E-state index in [2.05, 4.69) is 10.1 Å². The van der Waals surface area contributed by atoms with Crippen molar-refractivity contribution in [2.75, 3.05) is 0 Å². The molecule has 0 amide bonds. The van der Waals surface area contributed by atoms with Gasteiger partial charge in [0, 0.05) is 24.0 Å². The van der Waals surface area contributed by atoms with E-state index < -0.39 is 0 Å². The maximum Gasteiger partial charge on any atom is 0.155 e. The highest BCUT2D eigenvalue weighted by Gasteiger charge is 2.18. The maximum atomic E-state index is 5.94. The number of nitrogens with two attached hydrogens (primary N) is 1. The Morgan fingerprint density at radius 2 is 2.40 bits per heavy atom. The Hall–Kier alpha value is -1.42. The van der Waals surface area contributed by atoms with Crippen LogP contribution in [0.2, 0.25) is 0 Å². The molecule has 2 heterocycles. The first-order valence-corrected chi connectivity index (χ1v) is 5.33. The Bertz CT molecular complexity index is 515. The fourth-order valence-corrected chi connectivity index (χ4v) is 2.27. The maximum absolute atomic E-state index is 5.94. The summed E-state index contributed by atoms with van der Waals surface area (Å²) in [6, 6.07) is 2.29. The largest absolute Gasteiger partial charge is 0.327 e. The Morgan fingerprint density at radius 3 is 3.27 bits per heavy atom. The molecule has 3 rings (SSSR count). The van der Waals surface area contributed by atoms with Crippen molar-refractivity contribution in [3.8, 4) is 0 Å². The minimum Gasteiger partial charge on any atom is -0.327 e. The lowest BCUT2D eigenvalue weighted by atomic mass is 9.93. The van der Waals surface area contributed by atoms with Crippen LogP contribution >= 0.6 is 0 Å². The van der Waals surface area contributed by atoms with Crippen LogP contribution in [0.25, 0.3) is 5.65 Å². The average molecular weight is 202 g/mol. The topological polar surface area (TPSA) is 56.2 Å². The fraction of sp³-hybridized carbons (Fsp3) is 0.455. The normalized spacial score (nSPS) is 20.5. The minimum atomic E-state index is 0.286. The van der Waals surface area contributed by atoms with Gasteiger partial charge in [-0.3, -0.25) is 0 Å². The van der Waals surface area contributed by atoms with Crippen LogP contribution in [-0.2, 0) is 12.8 Å². The van der Waals surface area contributed by atoms with Crippen LogP contribution < -0.4 is 5.73 Å². The molecule has 0 bridgehead atoms. The van der Waals surface area contributed by atoms with E-state index in [0.29, 0.717) is 0 Å². The lowest BCUT2D eigenvalue weighted by Crippen LogP contribution is -2.29. The molecular weight excluding hydrogens is 188 g/mol. The van der Waals surface area contributed by atoms with Gasteiger partial charge < -0.3 is 5.73 Å². The summed E-state index contributed by atoms with van der Waals surface area (Å²) in [5.74, 6) is 0. The smallest absolute Gasteiger partial charge is 0.155 e. The van der Waals surface area contributed by atoms with Crippen molar-refractivity contribution >= 4 is 5.65 Å². The lowest BCUT2D eigenvalue weighted by Gasteiger charge is -2.21. The number of hydrogen-bond acceptors (Lipinski definition) is 3. The van der Waals surface area contributed by atoms with Crippen molar-refractivity contribution in [3.05, 3.63) is 29.2 Å². The Morgan fingerprint density at radius 1 is 1.53 bits per heavy atom. The summed E-state index contributed by atoms with van der Waals surface area (Å²) in [6.45, 7) is 2.00. The van der Waals surface area contributed by atoms with Crippen molar-refractivity contribution in [2.45, 2.75) is 32.2 Å². The minimum absolute atomic E-state index is 0.286. The SMILES string of the molecule is Cc1cc2ncc3c(n2n1)CCC(N)C3. The summed E-state index contributed by atoms with van der Waals surface area (Å²) < 4.78 is 1.97. The van der Waals surface area contributed by atoms with Crippen LogP contribution in [0.15, 0.2) is 12.3 Å². The van der Waals surface area contributed by atoms with Crippen LogP contribution in [0.3, 0.4) is 0 Å². The van der Waals surface area contributed by atoms with E-state index in [1.807, 2.05) is 23.7 Å². The third-order valence-corrected chi connectivity index (χ3v) is 3.03. The molecule has 2 aromatic heterocycles. The van der Waals surface area contributed by atoms with Gasteiger partial charge in [0.2, 0.25) is 0 Å². The van der Waals surface area contributed by atoms with E-state index in [1.165, 1.54) is 11.3 Å². The van der Waals surface area contributed by atoms with Crippen LogP contribution in [0.5, 0.6) is 0 Å². The zero-order valence-electron chi connectivity index (χ0n) is 8.77. The summed E-state index contributed by atoms with van der Waals surface area (Å²) in [6.07, 6.45) is 4.93. The zero-order valence-corrected chi connectivity index (χ0v) is 8.77. The second-order valence-electron chi connectivity index (χ2n) is 4.29. The van der Waals surface area contributed by atoms with E-state index >= 15 is 0 Å².